The average molecular weight is 794 g/mol. The fourth-order valence-corrected chi connectivity index (χ4v) is 9.91. The minimum atomic E-state index is -4.00. The van der Waals surface area contributed by atoms with Gasteiger partial charge in [-0.25, -0.2) is 22.6 Å². The van der Waals surface area contributed by atoms with Gasteiger partial charge in [0.25, 0.3) is 5.91 Å². The summed E-state index contributed by atoms with van der Waals surface area (Å²) in [6.07, 6.45) is 10.1. The van der Waals surface area contributed by atoms with E-state index in [4.69, 9.17) is 14.5 Å². The minimum Gasteiger partial charge on any atom is -0.483 e. The summed E-state index contributed by atoms with van der Waals surface area (Å²) in [6, 6.07) is 2.77. The molecule has 2 aromatic rings. The molecule has 3 aliphatic heterocycles. The SMILES string of the molecule is CC(C)COC(=O)N[C@H]1CCCCC/C=C\C2C[C@@]2(C(=O)NS(=O)(=O)C2(C)CC2)NC(=O)[C@@H]2C[C@]3(CCc4c(c(C5CC5)nc5c(F)cccc45)O3)CN2C1=O. The van der Waals surface area contributed by atoms with Gasteiger partial charge in [-0.3, -0.25) is 19.1 Å². The Hall–Kier alpha value is -4.27. The molecule has 3 aliphatic carbocycles. The second-order valence-electron chi connectivity index (χ2n) is 17.6. The molecule has 13 nitrogen and oxygen atoms in total. The highest BCUT2D eigenvalue weighted by atomic mass is 32.2. The first-order valence-corrected chi connectivity index (χ1v) is 21.7. The van der Waals surface area contributed by atoms with Crippen molar-refractivity contribution in [3.63, 3.8) is 0 Å². The Labute approximate surface area is 326 Å². The van der Waals surface area contributed by atoms with Gasteiger partial charge in [-0.15, -0.1) is 0 Å². The average Bonchev–Trinajstić information content (AvgIpc) is 4.09. The van der Waals surface area contributed by atoms with E-state index in [2.05, 4.69) is 15.4 Å². The van der Waals surface area contributed by atoms with Crippen molar-refractivity contribution in [2.24, 2.45) is 11.8 Å². The number of hydrogen-bond donors (Lipinski definition) is 3. The molecule has 3 N–H and O–H groups in total. The zero-order valence-electron chi connectivity index (χ0n) is 32.3. The smallest absolute Gasteiger partial charge is 0.407 e. The van der Waals surface area contributed by atoms with Gasteiger partial charge in [0.05, 0.1) is 23.6 Å². The van der Waals surface area contributed by atoms with Gasteiger partial charge < -0.3 is 25.0 Å². The molecule has 302 valence electrons. The summed E-state index contributed by atoms with van der Waals surface area (Å²) in [6.45, 7) is 5.60. The predicted molar refractivity (Wildman–Crippen MR) is 204 cm³/mol. The van der Waals surface area contributed by atoms with Crippen molar-refractivity contribution < 1.29 is 41.5 Å². The van der Waals surface area contributed by atoms with Crippen molar-refractivity contribution in [1.29, 1.82) is 0 Å². The molecule has 6 aliphatic rings. The first-order valence-electron chi connectivity index (χ1n) is 20.2. The van der Waals surface area contributed by atoms with Crippen LogP contribution >= 0.6 is 0 Å². The highest BCUT2D eigenvalue weighted by Gasteiger charge is 2.64. The molecular formula is C41H52FN5O8S. The van der Waals surface area contributed by atoms with E-state index in [9.17, 15) is 27.6 Å². The van der Waals surface area contributed by atoms with E-state index in [0.717, 1.165) is 31.2 Å². The lowest BCUT2D eigenvalue weighted by Gasteiger charge is -2.37. The zero-order chi connectivity index (χ0) is 39.6. The van der Waals surface area contributed by atoms with Crippen LogP contribution in [0.2, 0.25) is 0 Å². The third kappa shape index (κ3) is 7.24. The number of aromatic nitrogens is 1. The van der Waals surface area contributed by atoms with Crippen LogP contribution in [0.5, 0.6) is 5.75 Å². The van der Waals surface area contributed by atoms with E-state index in [-0.39, 0.29) is 37.8 Å². The Bertz CT molecular complexity index is 2100. The largest absolute Gasteiger partial charge is 0.483 e. The Kier molecular flexibility index (Phi) is 9.84. The molecule has 15 heteroatoms. The minimum absolute atomic E-state index is 0.0170. The van der Waals surface area contributed by atoms with Crippen LogP contribution in [0.3, 0.4) is 0 Å². The highest BCUT2D eigenvalue weighted by molar-refractivity contribution is 7.91. The molecule has 1 unspecified atom stereocenters. The molecule has 4 fully saturated rings. The van der Waals surface area contributed by atoms with Crippen molar-refractivity contribution >= 4 is 44.7 Å². The van der Waals surface area contributed by atoms with Crippen molar-refractivity contribution in [1.82, 2.24) is 25.2 Å². The van der Waals surface area contributed by atoms with E-state index in [1.54, 1.807) is 13.0 Å². The number of sulfonamides is 1. The monoisotopic (exact) mass is 793 g/mol. The summed E-state index contributed by atoms with van der Waals surface area (Å²) in [5, 5.41) is 6.39. The third-order valence-corrected chi connectivity index (χ3v) is 14.8. The van der Waals surface area contributed by atoms with Gasteiger partial charge in [-0.1, -0.05) is 51.0 Å². The molecular weight excluding hydrogens is 742 g/mol. The fourth-order valence-electron chi connectivity index (χ4n) is 8.60. The van der Waals surface area contributed by atoms with Crippen molar-refractivity contribution in [2.75, 3.05) is 13.2 Å². The summed E-state index contributed by atoms with van der Waals surface area (Å²) >= 11 is 0. The van der Waals surface area contributed by atoms with E-state index < -0.39 is 73.5 Å². The van der Waals surface area contributed by atoms with Crippen LogP contribution in [-0.2, 0) is 35.6 Å². The number of para-hydroxylation sites is 1. The molecule has 1 spiro atoms. The van der Waals surface area contributed by atoms with Gasteiger partial charge >= 0.3 is 6.09 Å². The molecule has 1 saturated heterocycles. The number of allylic oxidation sites excluding steroid dienone is 1. The maximum Gasteiger partial charge on any atom is 0.407 e. The number of halogens is 1. The Morgan fingerprint density at radius 1 is 1.11 bits per heavy atom. The molecule has 1 aromatic heterocycles. The number of pyridine rings is 1. The number of carbonyl (C=O) groups is 4. The lowest BCUT2D eigenvalue weighted by molar-refractivity contribution is -0.141. The quantitative estimate of drug-likeness (QED) is 0.324. The molecule has 56 heavy (non-hydrogen) atoms. The van der Waals surface area contributed by atoms with E-state index in [0.29, 0.717) is 67.3 Å². The Balaban J connectivity index is 1.14. The first-order chi connectivity index (χ1) is 26.6. The van der Waals surface area contributed by atoms with Crippen molar-refractivity contribution in [3.05, 3.63) is 47.4 Å². The number of ether oxygens (including phenoxy) is 2. The molecule has 5 atom stereocenters. The van der Waals surface area contributed by atoms with E-state index >= 15 is 4.39 Å². The third-order valence-electron chi connectivity index (χ3n) is 12.6. The van der Waals surface area contributed by atoms with Crippen molar-refractivity contribution in [2.45, 2.75) is 138 Å². The maximum atomic E-state index is 15.1. The number of hydrogen-bond acceptors (Lipinski definition) is 9. The highest BCUT2D eigenvalue weighted by Crippen LogP contribution is 2.52. The van der Waals surface area contributed by atoms with Crippen LogP contribution in [0.4, 0.5) is 9.18 Å². The summed E-state index contributed by atoms with van der Waals surface area (Å²) < 4.78 is 55.1. The molecule has 0 bridgehead atoms. The predicted octanol–water partition coefficient (Wildman–Crippen LogP) is 5.06. The summed E-state index contributed by atoms with van der Waals surface area (Å²) in [5.74, 6) is -1.96. The number of alkyl carbamates (subject to hydrolysis) is 1. The maximum absolute atomic E-state index is 15.1. The molecule has 4 heterocycles. The van der Waals surface area contributed by atoms with Gasteiger partial charge in [0.1, 0.15) is 40.3 Å². The van der Waals surface area contributed by atoms with E-state index in [1.807, 2.05) is 32.1 Å². The number of nitrogens with one attached hydrogen (secondary N) is 3. The van der Waals surface area contributed by atoms with Crippen LogP contribution in [0, 0.1) is 17.7 Å². The van der Waals surface area contributed by atoms with Crippen LogP contribution in [-0.4, -0.2) is 83.2 Å². The molecule has 0 radical (unpaired) electrons. The molecule has 1 aromatic carbocycles. The number of nitrogens with zero attached hydrogens (tertiary/aromatic N) is 2. The first kappa shape index (κ1) is 38.6. The Morgan fingerprint density at radius 2 is 1.89 bits per heavy atom. The molecule has 4 amide bonds. The summed E-state index contributed by atoms with van der Waals surface area (Å²) in [5.41, 5.74) is -0.732. The zero-order valence-corrected chi connectivity index (χ0v) is 33.1. The van der Waals surface area contributed by atoms with Gasteiger partial charge in [-0.2, -0.15) is 0 Å². The summed E-state index contributed by atoms with van der Waals surface area (Å²) in [7, 11) is -4.00. The van der Waals surface area contributed by atoms with Crippen LogP contribution in [0.15, 0.2) is 30.4 Å². The second-order valence-corrected chi connectivity index (χ2v) is 19.8. The number of aryl methyl sites for hydroxylation is 1. The molecule has 3 saturated carbocycles. The van der Waals surface area contributed by atoms with Crippen LogP contribution in [0.1, 0.15) is 115 Å². The topological polar surface area (TPSA) is 173 Å². The number of carbonyl (C=O) groups excluding carboxylic acids is 4. The standard InChI is InChI=1S/C41H52FN5O8S/c1-24(2)22-54-38(51)43-30-13-8-6-4-5-7-10-26-20-41(26,37(50)46-56(52,53)39(3)18-19-39)45-35(48)31-21-40(23-47(31)36(30)49)17-16-28-27-11-9-12-29(42)33(27)44-32(25-14-15-25)34(28)55-40/h7,9-12,24-26,30-31H,4-6,8,13-23H2,1-3H3,(H,43,51)(H,45,48)(H,46,50)/b10-7-/t26?,30-,31-,40+,41+/m0/s1. The number of amides is 4. The lowest BCUT2D eigenvalue weighted by Crippen LogP contribution is -2.58. The second kappa shape index (κ2) is 14.3. The van der Waals surface area contributed by atoms with Crippen LogP contribution < -0.4 is 20.1 Å². The normalized spacial score (nSPS) is 30.5. The van der Waals surface area contributed by atoms with Crippen molar-refractivity contribution in [3.8, 4) is 5.75 Å². The number of fused-ring (bicyclic) bond motifs is 5. The van der Waals surface area contributed by atoms with Gasteiger partial charge in [0, 0.05) is 29.2 Å². The number of rotatable bonds is 7. The lowest BCUT2D eigenvalue weighted by atomic mass is 9.86. The Morgan fingerprint density at radius 3 is 2.62 bits per heavy atom. The molecule has 8 rings (SSSR count). The van der Waals surface area contributed by atoms with Gasteiger partial charge in [0.15, 0.2) is 0 Å². The van der Waals surface area contributed by atoms with Gasteiger partial charge in [0.2, 0.25) is 21.8 Å². The summed E-state index contributed by atoms with van der Waals surface area (Å²) in [4.78, 5) is 62.7. The van der Waals surface area contributed by atoms with E-state index in [1.165, 1.54) is 11.0 Å². The van der Waals surface area contributed by atoms with Crippen LogP contribution in [0.25, 0.3) is 10.9 Å². The number of benzene rings is 1. The van der Waals surface area contributed by atoms with Gasteiger partial charge in [-0.05, 0) is 83.1 Å². The fraction of sp³-hybridized carbons (Fsp3) is 0.634.